The third kappa shape index (κ3) is 0.700. The average molecular weight is 169 g/mol. The summed E-state index contributed by atoms with van der Waals surface area (Å²) in [6.45, 7) is 2.27. The van der Waals surface area contributed by atoms with Crippen LogP contribution < -0.4 is 0 Å². The Hall–Kier alpha value is -1.37. The highest BCUT2D eigenvalue weighted by Gasteiger charge is 2.45. The van der Waals surface area contributed by atoms with Crippen molar-refractivity contribution in [3.05, 3.63) is 47.7 Å². The first-order valence-electron chi connectivity index (χ1n) is 4.64. The molecule has 0 N–H and O–H groups in total. The lowest BCUT2D eigenvalue weighted by Gasteiger charge is -2.25. The number of nitrogens with zero attached hydrogens (tertiary/aromatic N) is 1. The molecule has 0 aromatic heterocycles. The molecule has 1 nitrogen and oxygen atoms in total. The summed E-state index contributed by atoms with van der Waals surface area (Å²) < 4.78 is 0. The van der Waals surface area contributed by atoms with Gasteiger partial charge in [-0.3, -0.25) is 4.99 Å². The average Bonchev–Trinajstić information content (AvgIpc) is 2.54. The fourth-order valence-electron chi connectivity index (χ4n) is 2.33. The molecule has 1 heterocycles. The lowest BCUT2D eigenvalue weighted by atomic mass is 9.76. The van der Waals surface area contributed by atoms with Crippen LogP contribution in [0.4, 0.5) is 0 Å². The van der Waals surface area contributed by atoms with Gasteiger partial charge in [0, 0.05) is 17.5 Å². The summed E-state index contributed by atoms with van der Waals surface area (Å²) in [4.78, 5) is 4.46. The SMILES string of the molecule is CC12C3=CC=CC=C1N=CC2C=C3. The number of hydrogen-bond acceptors (Lipinski definition) is 1. The minimum Gasteiger partial charge on any atom is -0.264 e. The van der Waals surface area contributed by atoms with E-state index in [9.17, 15) is 0 Å². The predicted octanol–water partition coefficient (Wildman–Crippen LogP) is 2.64. The Morgan fingerprint density at radius 1 is 1.31 bits per heavy atom. The van der Waals surface area contributed by atoms with Crippen molar-refractivity contribution in [3.63, 3.8) is 0 Å². The van der Waals surface area contributed by atoms with Crippen LogP contribution in [-0.4, -0.2) is 6.21 Å². The summed E-state index contributed by atoms with van der Waals surface area (Å²) in [5.41, 5.74) is 2.71. The molecular formula is C12H11N. The van der Waals surface area contributed by atoms with E-state index in [2.05, 4.69) is 54.6 Å². The Bertz CT molecular complexity index is 371. The van der Waals surface area contributed by atoms with E-state index in [4.69, 9.17) is 0 Å². The number of allylic oxidation sites excluding steroid dienone is 7. The highest BCUT2D eigenvalue weighted by Crippen LogP contribution is 2.51. The van der Waals surface area contributed by atoms with Gasteiger partial charge in [-0.25, -0.2) is 0 Å². The largest absolute Gasteiger partial charge is 0.264 e. The minimum absolute atomic E-state index is 0.128. The summed E-state index contributed by atoms with van der Waals surface area (Å²) in [5, 5.41) is 0. The second-order valence-electron chi connectivity index (χ2n) is 3.92. The van der Waals surface area contributed by atoms with Crippen LogP contribution in [0.25, 0.3) is 0 Å². The molecule has 1 aliphatic heterocycles. The van der Waals surface area contributed by atoms with E-state index >= 15 is 0 Å². The third-order valence-corrected chi connectivity index (χ3v) is 3.30. The van der Waals surface area contributed by atoms with Crippen LogP contribution in [0, 0.1) is 11.3 Å². The Labute approximate surface area is 77.9 Å². The maximum Gasteiger partial charge on any atom is 0.0512 e. The van der Waals surface area contributed by atoms with Crippen molar-refractivity contribution in [1.82, 2.24) is 0 Å². The second kappa shape index (κ2) is 2.11. The van der Waals surface area contributed by atoms with Crippen molar-refractivity contribution in [3.8, 4) is 0 Å². The van der Waals surface area contributed by atoms with Gasteiger partial charge in [0.25, 0.3) is 0 Å². The molecule has 0 saturated carbocycles. The molecule has 2 atom stereocenters. The molecule has 0 saturated heterocycles. The van der Waals surface area contributed by atoms with Gasteiger partial charge in [0.2, 0.25) is 0 Å². The van der Waals surface area contributed by atoms with E-state index < -0.39 is 0 Å². The van der Waals surface area contributed by atoms with E-state index in [1.165, 1.54) is 11.3 Å². The molecule has 0 aromatic rings. The smallest absolute Gasteiger partial charge is 0.0512 e. The predicted molar refractivity (Wildman–Crippen MR) is 54.5 cm³/mol. The molecule has 0 radical (unpaired) electrons. The zero-order valence-corrected chi connectivity index (χ0v) is 7.57. The van der Waals surface area contributed by atoms with Crippen LogP contribution in [0.2, 0.25) is 0 Å². The van der Waals surface area contributed by atoms with Gasteiger partial charge >= 0.3 is 0 Å². The molecule has 0 amide bonds. The standard InChI is InChI=1S/C12H11N/c1-12-9-4-2-3-5-11(12)13-8-10(12)7-6-9/h2-8,10H,1H3. The zero-order chi connectivity index (χ0) is 8.89. The van der Waals surface area contributed by atoms with Crippen LogP contribution in [0.3, 0.4) is 0 Å². The van der Waals surface area contributed by atoms with Crippen LogP contribution >= 0.6 is 0 Å². The fraction of sp³-hybridized carbons (Fsp3) is 0.250. The van der Waals surface area contributed by atoms with Gasteiger partial charge in [-0.1, -0.05) is 30.4 Å². The molecule has 0 fully saturated rings. The lowest BCUT2D eigenvalue weighted by molar-refractivity contribution is 0.477. The summed E-state index contributed by atoms with van der Waals surface area (Å²) in [7, 11) is 0. The highest BCUT2D eigenvalue weighted by atomic mass is 14.8. The molecular weight excluding hydrogens is 158 g/mol. The molecule has 2 aliphatic carbocycles. The minimum atomic E-state index is 0.128. The summed E-state index contributed by atoms with van der Waals surface area (Å²) in [6, 6.07) is 0. The second-order valence-corrected chi connectivity index (χ2v) is 3.92. The number of aliphatic imine (C=N–C) groups is 1. The Balaban J connectivity index is 2.29. The molecule has 64 valence electrons. The van der Waals surface area contributed by atoms with E-state index in [-0.39, 0.29) is 5.41 Å². The van der Waals surface area contributed by atoms with Gasteiger partial charge in [0.15, 0.2) is 0 Å². The monoisotopic (exact) mass is 169 g/mol. The van der Waals surface area contributed by atoms with E-state index in [1.807, 2.05) is 0 Å². The van der Waals surface area contributed by atoms with E-state index in [1.54, 1.807) is 0 Å². The number of rotatable bonds is 0. The molecule has 13 heavy (non-hydrogen) atoms. The van der Waals surface area contributed by atoms with E-state index in [0.717, 1.165) is 0 Å². The summed E-state index contributed by atoms with van der Waals surface area (Å²) in [5.74, 6) is 0.477. The Kier molecular flexibility index (Phi) is 1.15. The summed E-state index contributed by atoms with van der Waals surface area (Å²) in [6.07, 6.45) is 15.0. The van der Waals surface area contributed by atoms with Gasteiger partial charge < -0.3 is 0 Å². The topological polar surface area (TPSA) is 12.4 Å². The van der Waals surface area contributed by atoms with Crippen molar-refractivity contribution < 1.29 is 0 Å². The van der Waals surface area contributed by atoms with Crippen LogP contribution in [0.15, 0.2) is 52.7 Å². The van der Waals surface area contributed by atoms with Crippen molar-refractivity contribution in [2.24, 2.45) is 16.3 Å². The van der Waals surface area contributed by atoms with Crippen molar-refractivity contribution in [2.75, 3.05) is 0 Å². The Morgan fingerprint density at radius 3 is 3.08 bits per heavy atom. The van der Waals surface area contributed by atoms with Crippen molar-refractivity contribution in [1.29, 1.82) is 0 Å². The normalized spacial score (nSPS) is 38.7. The van der Waals surface area contributed by atoms with Crippen molar-refractivity contribution in [2.45, 2.75) is 6.92 Å². The molecule has 0 spiro atoms. The molecule has 3 rings (SSSR count). The quantitative estimate of drug-likeness (QED) is 0.528. The van der Waals surface area contributed by atoms with Crippen LogP contribution in [0.1, 0.15) is 6.92 Å². The summed E-state index contributed by atoms with van der Waals surface area (Å²) >= 11 is 0. The molecule has 3 aliphatic rings. The van der Waals surface area contributed by atoms with Gasteiger partial charge in [-0.05, 0) is 18.6 Å². The van der Waals surface area contributed by atoms with E-state index in [0.29, 0.717) is 5.92 Å². The first-order valence-corrected chi connectivity index (χ1v) is 4.64. The number of hydrogen-bond donors (Lipinski definition) is 0. The van der Waals surface area contributed by atoms with Crippen LogP contribution in [-0.2, 0) is 0 Å². The molecule has 2 unspecified atom stereocenters. The first-order chi connectivity index (χ1) is 6.32. The molecule has 0 bridgehead atoms. The van der Waals surface area contributed by atoms with Gasteiger partial charge in [-0.15, -0.1) is 0 Å². The van der Waals surface area contributed by atoms with Gasteiger partial charge in [0.05, 0.1) is 5.70 Å². The maximum atomic E-state index is 4.46. The Morgan fingerprint density at radius 2 is 2.15 bits per heavy atom. The third-order valence-electron chi connectivity index (χ3n) is 3.30. The molecule has 1 heteroatoms. The van der Waals surface area contributed by atoms with Crippen LogP contribution in [0.5, 0.6) is 0 Å². The van der Waals surface area contributed by atoms with Crippen molar-refractivity contribution >= 4 is 6.21 Å². The maximum absolute atomic E-state index is 4.46. The highest BCUT2D eigenvalue weighted by molar-refractivity contribution is 5.76. The fourth-order valence-corrected chi connectivity index (χ4v) is 2.33. The lowest BCUT2D eigenvalue weighted by Crippen LogP contribution is -2.21. The molecule has 0 aromatic carbocycles. The first kappa shape index (κ1) is 7.07. The van der Waals surface area contributed by atoms with Gasteiger partial charge in [0.1, 0.15) is 0 Å². The zero-order valence-electron chi connectivity index (χ0n) is 7.57. The van der Waals surface area contributed by atoms with Gasteiger partial charge in [-0.2, -0.15) is 0 Å².